The van der Waals surface area contributed by atoms with Crippen LogP contribution in [0.15, 0.2) is 42.5 Å². The second kappa shape index (κ2) is 9.94. The highest BCUT2D eigenvalue weighted by Crippen LogP contribution is 2.26. The van der Waals surface area contributed by atoms with Crippen LogP contribution in [0.1, 0.15) is 60.9 Å². The summed E-state index contributed by atoms with van der Waals surface area (Å²) in [4.78, 5) is 13.0. The minimum absolute atomic E-state index is 0.0714. The topological polar surface area (TPSA) is 66.5 Å². The maximum absolute atomic E-state index is 13.0. The van der Waals surface area contributed by atoms with E-state index >= 15 is 0 Å². The van der Waals surface area contributed by atoms with E-state index in [4.69, 9.17) is 11.6 Å². The zero-order valence-electron chi connectivity index (χ0n) is 18.5. The summed E-state index contributed by atoms with van der Waals surface area (Å²) in [6, 6.07) is 13.3. The highest BCUT2D eigenvalue weighted by Gasteiger charge is 2.33. The number of amides is 1. The van der Waals surface area contributed by atoms with Crippen LogP contribution in [0, 0.1) is 5.92 Å². The smallest absolute Gasteiger partial charge is 0.224 e. The van der Waals surface area contributed by atoms with Crippen molar-refractivity contribution >= 4 is 27.5 Å². The van der Waals surface area contributed by atoms with Gasteiger partial charge in [-0.25, -0.2) is 12.7 Å². The van der Waals surface area contributed by atoms with Gasteiger partial charge in [0.25, 0.3) is 0 Å². The molecule has 1 saturated heterocycles. The molecule has 1 fully saturated rings. The number of hydrogen-bond acceptors (Lipinski definition) is 3. The number of nitrogens with zero attached hydrogens (tertiary/aromatic N) is 1. The first-order valence-corrected chi connectivity index (χ1v) is 13.4. The fourth-order valence-corrected chi connectivity index (χ4v) is 6.59. The number of nitrogens with one attached hydrogen (secondary N) is 1. The second-order valence-corrected chi connectivity index (χ2v) is 11.5. The van der Waals surface area contributed by atoms with Crippen molar-refractivity contribution in [2.45, 2.75) is 57.2 Å². The summed E-state index contributed by atoms with van der Waals surface area (Å²) in [6.07, 6.45) is 6.09. The number of carbonyl (C=O) groups is 1. The molecule has 1 aliphatic heterocycles. The van der Waals surface area contributed by atoms with Crippen LogP contribution >= 0.6 is 11.6 Å². The largest absolute Gasteiger partial charge is 0.349 e. The number of fused-ring (bicyclic) bond motifs is 1. The Hall–Kier alpha value is -1.89. The van der Waals surface area contributed by atoms with Gasteiger partial charge in [0.05, 0.1) is 17.7 Å². The Bertz CT molecular complexity index is 1090. The first kappa shape index (κ1) is 23.3. The molecule has 0 spiro atoms. The molecule has 1 amide bonds. The molecule has 1 heterocycles. The Balaban J connectivity index is 1.38. The Labute approximate surface area is 196 Å². The van der Waals surface area contributed by atoms with Gasteiger partial charge in [0.2, 0.25) is 15.9 Å². The van der Waals surface area contributed by atoms with Gasteiger partial charge in [-0.1, -0.05) is 41.9 Å². The quantitative estimate of drug-likeness (QED) is 0.663. The Morgan fingerprint density at radius 2 is 1.91 bits per heavy atom. The summed E-state index contributed by atoms with van der Waals surface area (Å²) >= 11 is 6.00. The Morgan fingerprint density at radius 1 is 1.12 bits per heavy atom. The third-order valence-corrected chi connectivity index (χ3v) is 8.67. The van der Waals surface area contributed by atoms with E-state index in [9.17, 15) is 13.2 Å². The van der Waals surface area contributed by atoms with Crippen molar-refractivity contribution in [2.75, 3.05) is 13.1 Å². The van der Waals surface area contributed by atoms with Crippen molar-refractivity contribution in [1.29, 1.82) is 0 Å². The number of aryl methyl sites for hydroxylation is 2. The molecule has 7 heteroatoms. The molecule has 0 saturated carbocycles. The molecule has 0 aromatic heterocycles. The number of piperidine rings is 1. The van der Waals surface area contributed by atoms with Crippen LogP contribution in [0.2, 0.25) is 5.02 Å². The SMILES string of the molecule is CC(NC(=O)C1CCCN(S(=O)(=O)Cc2cccc(Cl)c2)C1)c1ccc2c(c1)CCCC2. The third-order valence-electron chi connectivity index (χ3n) is 6.62. The normalized spacial score (nSPS) is 20.4. The van der Waals surface area contributed by atoms with Crippen LogP contribution < -0.4 is 5.32 Å². The van der Waals surface area contributed by atoms with E-state index in [0.29, 0.717) is 30.0 Å². The van der Waals surface area contributed by atoms with Crippen molar-refractivity contribution in [2.24, 2.45) is 5.92 Å². The van der Waals surface area contributed by atoms with Gasteiger partial charge in [0.1, 0.15) is 0 Å². The molecule has 2 unspecified atom stereocenters. The predicted octanol–water partition coefficient (Wildman–Crippen LogP) is 4.64. The van der Waals surface area contributed by atoms with Crippen LogP contribution in [-0.2, 0) is 33.4 Å². The number of carbonyl (C=O) groups excluding carboxylic acids is 1. The summed E-state index contributed by atoms with van der Waals surface area (Å²) in [6.45, 7) is 2.68. The minimum Gasteiger partial charge on any atom is -0.349 e. The van der Waals surface area contributed by atoms with E-state index in [-0.39, 0.29) is 30.2 Å². The fourth-order valence-electron chi connectivity index (χ4n) is 4.78. The zero-order valence-corrected chi connectivity index (χ0v) is 20.1. The Morgan fingerprint density at radius 3 is 2.69 bits per heavy atom. The van der Waals surface area contributed by atoms with Gasteiger partial charge < -0.3 is 5.32 Å². The lowest BCUT2D eigenvalue weighted by atomic mass is 9.89. The molecule has 2 aromatic carbocycles. The average molecular weight is 475 g/mol. The van der Waals surface area contributed by atoms with Crippen molar-refractivity contribution in [1.82, 2.24) is 9.62 Å². The molecule has 5 nitrogen and oxygen atoms in total. The van der Waals surface area contributed by atoms with E-state index in [1.54, 1.807) is 24.3 Å². The van der Waals surface area contributed by atoms with E-state index < -0.39 is 10.0 Å². The number of rotatable bonds is 6. The molecule has 4 rings (SSSR count). The standard InChI is InChI=1S/C25H31ClN2O3S/c1-18(21-12-11-20-7-2-3-8-22(20)15-21)27-25(29)23-9-5-13-28(16-23)32(30,31)17-19-6-4-10-24(26)14-19/h4,6,10-12,14-15,18,23H,2-3,5,7-9,13,16-17H2,1H3,(H,27,29). The number of halogens is 1. The molecule has 2 atom stereocenters. The maximum Gasteiger partial charge on any atom is 0.224 e. The summed E-state index contributed by atoms with van der Waals surface area (Å²) < 4.78 is 27.4. The van der Waals surface area contributed by atoms with Gasteiger partial charge in [-0.05, 0) is 79.8 Å². The van der Waals surface area contributed by atoms with Crippen molar-refractivity contribution in [3.05, 3.63) is 69.7 Å². The van der Waals surface area contributed by atoms with Gasteiger partial charge in [-0.2, -0.15) is 0 Å². The van der Waals surface area contributed by atoms with Gasteiger partial charge in [-0.15, -0.1) is 0 Å². The highest BCUT2D eigenvalue weighted by atomic mass is 35.5. The van der Waals surface area contributed by atoms with Crippen molar-refractivity contribution in [3.8, 4) is 0 Å². The van der Waals surface area contributed by atoms with Crippen molar-refractivity contribution in [3.63, 3.8) is 0 Å². The van der Waals surface area contributed by atoms with E-state index in [1.807, 2.05) is 6.92 Å². The average Bonchev–Trinajstić information content (AvgIpc) is 2.78. The molecular weight excluding hydrogens is 444 g/mol. The van der Waals surface area contributed by atoms with E-state index in [2.05, 4.69) is 23.5 Å². The van der Waals surface area contributed by atoms with E-state index in [1.165, 1.54) is 28.3 Å². The summed E-state index contributed by atoms with van der Waals surface area (Å²) in [7, 11) is -3.52. The van der Waals surface area contributed by atoms with Crippen LogP contribution in [0.5, 0.6) is 0 Å². The number of benzene rings is 2. The minimum atomic E-state index is -3.52. The summed E-state index contributed by atoms with van der Waals surface area (Å²) in [5.41, 5.74) is 4.59. The lowest BCUT2D eigenvalue weighted by Crippen LogP contribution is -2.46. The number of sulfonamides is 1. The molecular formula is C25H31ClN2O3S. The summed E-state index contributed by atoms with van der Waals surface area (Å²) in [5.74, 6) is -0.510. The molecule has 32 heavy (non-hydrogen) atoms. The van der Waals surface area contributed by atoms with Crippen LogP contribution in [-0.4, -0.2) is 31.7 Å². The zero-order chi connectivity index (χ0) is 22.7. The molecule has 0 radical (unpaired) electrons. The van der Waals surface area contributed by atoms with E-state index in [0.717, 1.165) is 18.4 Å². The first-order chi connectivity index (χ1) is 15.3. The van der Waals surface area contributed by atoms with Crippen LogP contribution in [0.25, 0.3) is 0 Å². The molecule has 2 aliphatic rings. The van der Waals surface area contributed by atoms with Crippen LogP contribution in [0.4, 0.5) is 0 Å². The van der Waals surface area contributed by atoms with Gasteiger partial charge >= 0.3 is 0 Å². The fraction of sp³-hybridized carbons (Fsp3) is 0.480. The highest BCUT2D eigenvalue weighted by molar-refractivity contribution is 7.88. The molecule has 2 aromatic rings. The van der Waals surface area contributed by atoms with Gasteiger partial charge in [0.15, 0.2) is 0 Å². The van der Waals surface area contributed by atoms with Gasteiger partial charge in [0, 0.05) is 18.1 Å². The van der Waals surface area contributed by atoms with Crippen LogP contribution in [0.3, 0.4) is 0 Å². The molecule has 172 valence electrons. The molecule has 0 bridgehead atoms. The second-order valence-electron chi connectivity index (χ2n) is 9.05. The third kappa shape index (κ3) is 5.53. The molecule has 1 aliphatic carbocycles. The predicted molar refractivity (Wildman–Crippen MR) is 128 cm³/mol. The first-order valence-electron chi connectivity index (χ1n) is 11.5. The van der Waals surface area contributed by atoms with Crippen molar-refractivity contribution < 1.29 is 13.2 Å². The molecule has 1 N–H and O–H groups in total. The van der Waals surface area contributed by atoms with Gasteiger partial charge in [-0.3, -0.25) is 4.79 Å². The monoisotopic (exact) mass is 474 g/mol. The number of hydrogen-bond donors (Lipinski definition) is 1. The Kier molecular flexibility index (Phi) is 7.23. The lowest BCUT2D eigenvalue weighted by Gasteiger charge is -2.32. The maximum atomic E-state index is 13.0. The summed E-state index contributed by atoms with van der Waals surface area (Å²) in [5, 5.41) is 3.64. The lowest BCUT2D eigenvalue weighted by molar-refractivity contribution is -0.126.